The van der Waals surface area contributed by atoms with Crippen LogP contribution in [0.5, 0.6) is 0 Å². The van der Waals surface area contributed by atoms with Gasteiger partial charge in [0.05, 0.1) is 6.42 Å². The van der Waals surface area contributed by atoms with Crippen molar-refractivity contribution in [2.45, 2.75) is 25.3 Å². The first-order valence-corrected chi connectivity index (χ1v) is 6.98. The molecule has 1 aromatic carbocycles. The van der Waals surface area contributed by atoms with Crippen LogP contribution >= 0.6 is 0 Å². The van der Waals surface area contributed by atoms with Crippen LogP contribution in [0.25, 0.3) is 0 Å². The maximum absolute atomic E-state index is 13.1. The third kappa shape index (κ3) is 2.78. The Labute approximate surface area is 112 Å². The Balaban J connectivity index is 1.61. The minimum atomic E-state index is -0.274. The number of nitrogens with one attached hydrogen (secondary N) is 1. The van der Waals surface area contributed by atoms with E-state index in [0.717, 1.165) is 38.0 Å². The van der Waals surface area contributed by atoms with E-state index in [-0.39, 0.29) is 11.7 Å². The van der Waals surface area contributed by atoms with Gasteiger partial charge in [0.15, 0.2) is 0 Å². The van der Waals surface area contributed by atoms with E-state index in [1.807, 2.05) is 11.0 Å². The van der Waals surface area contributed by atoms with Gasteiger partial charge in [-0.05, 0) is 43.0 Å². The Morgan fingerprint density at radius 3 is 3.16 bits per heavy atom. The highest BCUT2D eigenvalue weighted by Gasteiger charge is 2.34. The molecule has 1 amide bonds. The van der Waals surface area contributed by atoms with Crippen LogP contribution < -0.4 is 5.32 Å². The Hall–Kier alpha value is -1.42. The summed E-state index contributed by atoms with van der Waals surface area (Å²) < 4.78 is 13.1. The quantitative estimate of drug-likeness (QED) is 0.877. The number of halogens is 1. The molecule has 0 radical (unpaired) electrons. The van der Waals surface area contributed by atoms with Crippen molar-refractivity contribution < 1.29 is 9.18 Å². The number of carbonyl (C=O) groups excluding carboxylic acids is 1. The van der Waals surface area contributed by atoms with Gasteiger partial charge in [0, 0.05) is 19.1 Å². The third-order valence-electron chi connectivity index (χ3n) is 4.25. The van der Waals surface area contributed by atoms with Gasteiger partial charge in [-0.15, -0.1) is 0 Å². The molecule has 3 nitrogen and oxygen atoms in total. The summed E-state index contributed by atoms with van der Waals surface area (Å²) >= 11 is 0. The van der Waals surface area contributed by atoms with Gasteiger partial charge in [-0.25, -0.2) is 4.39 Å². The molecule has 2 aliphatic heterocycles. The van der Waals surface area contributed by atoms with Gasteiger partial charge < -0.3 is 10.2 Å². The fraction of sp³-hybridized carbons (Fsp3) is 0.533. The highest BCUT2D eigenvalue weighted by atomic mass is 19.1. The summed E-state index contributed by atoms with van der Waals surface area (Å²) in [4.78, 5) is 14.2. The van der Waals surface area contributed by atoms with E-state index in [9.17, 15) is 9.18 Å². The van der Waals surface area contributed by atoms with Gasteiger partial charge >= 0.3 is 0 Å². The fourth-order valence-electron chi connectivity index (χ4n) is 3.21. The summed E-state index contributed by atoms with van der Waals surface area (Å²) in [5.41, 5.74) is 0.761. The van der Waals surface area contributed by atoms with Crippen molar-refractivity contribution in [1.82, 2.24) is 10.2 Å². The summed E-state index contributed by atoms with van der Waals surface area (Å²) in [6.07, 6.45) is 2.51. The molecule has 0 aromatic heterocycles. The highest BCUT2D eigenvalue weighted by Crippen LogP contribution is 2.24. The molecule has 3 rings (SSSR count). The SMILES string of the molecule is O=C(Cc1cccc(F)c1)N1CCC2NCCC2C1. The number of piperidine rings is 1. The van der Waals surface area contributed by atoms with Gasteiger partial charge in [0.2, 0.25) is 5.91 Å². The van der Waals surface area contributed by atoms with Crippen LogP contribution in [0, 0.1) is 11.7 Å². The number of amides is 1. The average molecular weight is 262 g/mol. The molecule has 2 aliphatic rings. The number of carbonyl (C=O) groups is 1. The molecule has 2 unspecified atom stereocenters. The zero-order valence-electron chi connectivity index (χ0n) is 10.9. The molecular weight excluding hydrogens is 243 g/mol. The molecule has 2 heterocycles. The van der Waals surface area contributed by atoms with Crippen LogP contribution in [0.1, 0.15) is 18.4 Å². The summed E-state index contributed by atoms with van der Waals surface area (Å²) in [7, 11) is 0. The molecule has 0 saturated carbocycles. The largest absolute Gasteiger partial charge is 0.342 e. The molecule has 102 valence electrons. The first kappa shape index (κ1) is 12.6. The number of rotatable bonds is 2. The summed E-state index contributed by atoms with van der Waals surface area (Å²) in [6.45, 7) is 2.75. The van der Waals surface area contributed by atoms with E-state index in [0.29, 0.717) is 18.4 Å². The second-order valence-corrected chi connectivity index (χ2v) is 5.54. The Bertz CT molecular complexity index is 477. The smallest absolute Gasteiger partial charge is 0.227 e. The average Bonchev–Trinajstić information content (AvgIpc) is 2.85. The van der Waals surface area contributed by atoms with Crippen molar-refractivity contribution in [2.75, 3.05) is 19.6 Å². The normalized spacial score (nSPS) is 26.3. The number of fused-ring (bicyclic) bond motifs is 1. The molecular formula is C15H19FN2O. The molecule has 19 heavy (non-hydrogen) atoms. The molecule has 0 spiro atoms. The zero-order chi connectivity index (χ0) is 13.2. The fourth-order valence-corrected chi connectivity index (χ4v) is 3.21. The molecule has 0 aliphatic carbocycles. The van der Waals surface area contributed by atoms with Gasteiger partial charge in [-0.2, -0.15) is 0 Å². The summed E-state index contributed by atoms with van der Waals surface area (Å²) in [6, 6.07) is 6.92. The lowest BCUT2D eigenvalue weighted by atomic mass is 9.93. The molecule has 2 saturated heterocycles. The number of hydrogen-bond acceptors (Lipinski definition) is 2. The maximum Gasteiger partial charge on any atom is 0.227 e. The maximum atomic E-state index is 13.1. The topological polar surface area (TPSA) is 32.3 Å². The van der Waals surface area contributed by atoms with Crippen LogP contribution in [0.15, 0.2) is 24.3 Å². The Morgan fingerprint density at radius 2 is 2.32 bits per heavy atom. The standard InChI is InChI=1S/C15H19FN2O/c16-13-3-1-2-11(8-13)9-15(19)18-7-5-14-12(10-18)4-6-17-14/h1-3,8,12,14,17H,4-7,9-10H2. The first-order valence-electron chi connectivity index (χ1n) is 6.98. The minimum absolute atomic E-state index is 0.121. The van der Waals surface area contributed by atoms with E-state index in [2.05, 4.69) is 5.32 Å². The molecule has 1 N–H and O–H groups in total. The lowest BCUT2D eigenvalue weighted by molar-refractivity contribution is -0.132. The van der Waals surface area contributed by atoms with Crippen molar-refractivity contribution in [1.29, 1.82) is 0 Å². The van der Waals surface area contributed by atoms with Gasteiger partial charge in [-0.1, -0.05) is 12.1 Å². The van der Waals surface area contributed by atoms with Crippen LogP contribution in [-0.4, -0.2) is 36.5 Å². The number of nitrogens with zero attached hydrogens (tertiary/aromatic N) is 1. The summed E-state index contributed by atoms with van der Waals surface area (Å²) in [5.74, 6) is 0.449. The number of hydrogen-bond donors (Lipinski definition) is 1. The van der Waals surface area contributed by atoms with Crippen molar-refractivity contribution >= 4 is 5.91 Å². The lowest BCUT2D eigenvalue weighted by Gasteiger charge is -2.35. The number of likely N-dealkylation sites (tertiary alicyclic amines) is 1. The van der Waals surface area contributed by atoms with E-state index in [1.54, 1.807) is 6.07 Å². The monoisotopic (exact) mass is 262 g/mol. The predicted octanol–water partition coefficient (Wildman–Crippen LogP) is 1.58. The third-order valence-corrected chi connectivity index (χ3v) is 4.25. The zero-order valence-corrected chi connectivity index (χ0v) is 10.9. The van der Waals surface area contributed by atoms with Crippen molar-refractivity contribution in [3.8, 4) is 0 Å². The van der Waals surface area contributed by atoms with Crippen LogP contribution in [0.4, 0.5) is 4.39 Å². The van der Waals surface area contributed by atoms with Crippen molar-refractivity contribution in [2.24, 2.45) is 5.92 Å². The van der Waals surface area contributed by atoms with Gasteiger partial charge in [0.1, 0.15) is 5.82 Å². The second-order valence-electron chi connectivity index (χ2n) is 5.54. The van der Waals surface area contributed by atoms with Crippen molar-refractivity contribution in [3.05, 3.63) is 35.6 Å². The van der Waals surface area contributed by atoms with E-state index in [4.69, 9.17) is 0 Å². The minimum Gasteiger partial charge on any atom is -0.342 e. The summed E-state index contributed by atoms with van der Waals surface area (Å²) in [5, 5.41) is 3.49. The molecule has 2 fully saturated rings. The van der Waals surface area contributed by atoms with Gasteiger partial charge in [0.25, 0.3) is 0 Å². The Morgan fingerprint density at radius 1 is 1.42 bits per heavy atom. The van der Waals surface area contributed by atoms with E-state index < -0.39 is 0 Å². The van der Waals surface area contributed by atoms with Crippen LogP contribution in [-0.2, 0) is 11.2 Å². The molecule has 4 heteroatoms. The molecule has 1 aromatic rings. The highest BCUT2D eigenvalue weighted by molar-refractivity contribution is 5.78. The second kappa shape index (κ2) is 5.29. The first-order chi connectivity index (χ1) is 9.22. The molecule has 2 atom stereocenters. The van der Waals surface area contributed by atoms with Crippen molar-refractivity contribution in [3.63, 3.8) is 0 Å². The molecule has 0 bridgehead atoms. The van der Waals surface area contributed by atoms with Gasteiger partial charge in [-0.3, -0.25) is 4.79 Å². The predicted molar refractivity (Wildman–Crippen MR) is 71.2 cm³/mol. The van der Waals surface area contributed by atoms with Crippen LogP contribution in [0.2, 0.25) is 0 Å². The lowest BCUT2D eigenvalue weighted by Crippen LogP contribution is -2.47. The Kier molecular flexibility index (Phi) is 3.51. The van der Waals surface area contributed by atoms with E-state index in [1.165, 1.54) is 12.1 Å². The van der Waals surface area contributed by atoms with E-state index >= 15 is 0 Å². The van der Waals surface area contributed by atoms with Crippen LogP contribution in [0.3, 0.4) is 0 Å². The number of benzene rings is 1.